The molecule has 8 heteroatoms. The van der Waals surface area contributed by atoms with Gasteiger partial charge in [-0.2, -0.15) is 0 Å². The third kappa shape index (κ3) is 6.36. The minimum Gasteiger partial charge on any atom is -0.481 e. The quantitative estimate of drug-likeness (QED) is 0.740. The van der Waals surface area contributed by atoms with E-state index in [1.54, 1.807) is 23.3 Å². The molecule has 1 rings (SSSR count). The second-order valence-corrected chi connectivity index (χ2v) is 5.93. The van der Waals surface area contributed by atoms with Crippen molar-refractivity contribution in [1.82, 2.24) is 10.2 Å². The lowest BCUT2D eigenvalue weighted by molar-refractivity contribution is -0.136. The van der Waals surface area contributed by atoms with Crippen molar-refractivity contribution in [2.24, 2.45) is 0 Å². The van der Waals surface area contributed by atoms with Crippen LogP contribution in [0.2, 0.25) is 0 Å². The summed E-state index contributed by atoms with van der Waals surface area (Å²) in [6, 6.07) is 1.67. The largest absolute Gasteiger partial charge is 0.481 e. The van der Waals surface area contributed by atoms with E-state index in [0.717, 1.165) is 9.35 Å². The van der Waals surface area contributed by atoms with Gasteiger partial charge < -0.3 is 20.1 Å². The van der Waals surface area contributed by atoms with Gasteiger partial charge in [-0.05, 0) is 22.0 Å². The number of carboxylic acid groups (broad SMARTS) is 1. The fourth-order valence-electron chi connectivity index (χ4n) is 1.47. The van der Waals surface area contributed by atoms with Crippen LogP contribution in [0.1, 0.15) is 11.3 Å². The Bertz CT molecular complexity index is 452. The number of rotatable bonds is 8. The van der Waals surface area contributed by atoms with Crippen LogP contribution in [0.4, 0.5) is 4.79 Å². The van der Waals surface area contributed by atoms with E-state index >= 15 is 0 Å². The van der Waals surface area contributed by atoms with Gasteiger partial charge in [0.15, 0.2) is 0 Å². The Morgan fingerprint density at radius 3 is 2.85 bits per heavy atom. The van der Waals surface area contributed by atoms with E-state index in [9.17, 15) is 9.59 Å². The van der Waals surface area contributed by atoms with Crippen molar-refractivity contribution >= 4 is 39.3 Å². The van der Waals surface area contributed by atoms with E-state index in [4.69, 9.17) is 9.84 Å². The van der Waals surface area contributed by atoms with Gasteiger partial charge in [-0.15, -0.1) is 11.3 Å². The molecule has 0 aromatic carbocycles. The standard InChI is InChI=1S/C12H17BrN2O4S/c1-19-5-4-15(7-10-6-9(13)8-20-10)12(18)14-3-2-11(16)17/h6,8H,2-5,7H2,1H3,(H,14,18)(H,16,17). The first-order valence-corrected chi connectivity index (χ1v) is 7.66. The Kier molecular flexibility index (Phi) is 7.56. The number of urea groups is 1. The zero-order valence-corrected chi connectivity index (χ0v) is 13.5. The predicted molar refractivity (Wildman–Crippen MR) is 80.0 cm³/mol. The van der Waals surface area contributed by atoms with Crippen LogP contribution in [0.15, 0.2) is 15.9 Å². The van der Waals surface area contributed by atoms with E-state index in [-0.39, 0.29) is 19.0 Å². The maximum absolute atomic E-state index is 12.0. The van der Waals surface area contributed by atoms with E-state index in [2.05, 4.69) is 21.2 Å². The van der Waals surface area contributed by atoms with Gasteiger partial charge in [-0.3, -0.25) is 4.79 Å². The average molecular weight is 365 g/mol. The van der Waals surface area contributed by atoms with Crippen molar-refractivity contribution in [1.29, 1.82) is 0 Å². The number of methoxy groups -OCH3 is 1. The molecule has 112 valence electrons. The molecule has 0 bridgehead atoms. The van der Waals surface area contributed by atoms with Crippen LogP contribution < -0.4 is 5.32 Å². The maximum atomic E-state index is 12.0. The van der Waals surface area contributed by atoms with Crippen molar-refractivity contribution in [2.75, 3.05) is 26.8 Å². The van der Waals surface area contributed by atoms with Gasteiger partial charge in [0, 0.05) is 34.9 Å². The smallest absolute Gasteiger partial charge is 0.317 e. The summed E-state index contributed by atoms with van der Waals surface area (Å²) in [5.74, 6) is -0.934. The number of carboxylic acids is 1. The molecule has 0 aliphatic carbocycles. The van der Waals surface area contributed by atoms with Gasteiger partial charge >= 0.3 is 12.0 Å². The Morgan fingerprint density at radius 2 is 2.30 bits per heavy atom. The SMILES string of the molecule is COCCN(Cc1cc(Br)cs1)C(=O)NCCC(=O)O. The lowest BCUT2D eigenvalue weighted by atomic mass is 10.4. The van der Waals surface area contributed by atoms with Crippen LogP contribution in [0, 0.1) is 0 Å². The van der Waals surface area contributed by atoms with Gasteiger partial charge in [0.2, 0.25) is 0 Å². The number of hydrogen-bond donors (Lipinski definition) is 2. The van der Waals surface area contributed by atoms with Gasteiger partial charge in [0.05, 0.1) is 19.6 Å². The highest BCUT2D eigenvalue weighted by molar-refractivity contribution is 9.10. The number of amides is 2. The third-order valence-electron chi connectivity index (χ3n) is 2.44. The summed E-state index contributed by atoms with van der Waals surface area (Å²) in [4.78, 5) is 25.1. The molecule has 0 spiro atoms. The zero-order valence-electron chi connectivity index (χ0n) is 11.1. The molecule has 0 saturated heterocycles. The second kappa shape index (κ2) is 8.93. The zero-order chi connectivity index (χ0) is 15.0. The summed E-state index contributed by atoms with van der Waals surface area (Å²) in [5, 5.41) is 13.1. The van der Waals surface area contributed by atoms with Crippen molar-refractivity contribution in [3.63, 3.8) is 0 Å². The molecule has 1 heterocycles. The fourth-order valence-corrected chi connectivity index (χ4v) is 2.93. The van der Waals surface area contributed by atoms with Crippen LogP contribution >= 0.6 is 27.3 Å². The van der Waals surface area contributed by atoms with Crippen LogP contribution in [0.5, 0.6) is 0 Å². The lowest BCUT2D eigenvalue weighted by Gasteiger charge is -2.22. The van der Waals surface area contributed by atoms with Crippen molar-refractivity contribution in [2.45, 2.75) is 13.0 Å². The highest BCUT2D eigenvalue weighted by atomic mass is 79.9. The van der Waals surface area contributed by atoms with Crippen LogP contribution in [0.3, 0.4) is 0 Å². The van der Waals surface area contributed by atoms with Crippen LogP contribution in [-0.4, -0.2) is 48.8 Å². The number of carbonyl (C=O) groups excluding carboxylic acids is 1. The fraction of sp³-hybridized carbons (Fsp3) is 0.500. The highest BCUT2D eigenvalue weighted by Gasteiger charge is 2.14. The van der Waals surface area contributed by atoms with Gasteiger partial charge in [0.25, 0.3) is 0 Å². The first-order chi connectivity index (χ1) is 9.52. The molecule has 0 atom stereocenters. The summed E-state index contributed by atoms with van der Waals surface area (Å²) in [5.41, 5.74) is 0. The summed E-state index contributed by atoms with van der Waals surface area (Å²) in [7, 11) is 1.57. The summed E-state index contributed by atoms with van der Waals surface area (Å²) in [6.07, 6.45) is -0.0889. The molecule has 0 radical (unpaired) electrons. The molecule has 0 aliphatic heterocycles. The molecule has 2 N–H and O–H groups in total. The number of ether oxygens (including phenoxy) is 1. The Labute approximate surface area is 129 Å². The maximum Gasteiger partial charge on any atom is 0.317 e. The molecular weight excluding hydrogens is 348 g/mol. The molecule has 0 aliphatic rings. The number of nitrogens with one attached hydrogen (secondary N) is 1. The molecular formula is C12H17BrN2O4S. The minimum atomic E-state index is -0.934. The van der Waals surface area contributed by atoms with Crippen molar-refractivity contribution in [3.05, 3.63) is 20.8 Å². The number of hydrogen-bond acceptors (Lipinski definition) is 4. The Morgan fingerprint density at radius 1 is 1.55 bits per heavy atom. The summed E-state index contributed by atoms with van der Waals surface area (Å²) >= 11 is 4.93. The molecule has 1 aromatic heterocycles. The molecule has 0 unspecified atom stereocenters. The van der Waals surface area contributed by atoms with Crippen LogP contribution in [0.25, 0.3) is 0 Å². The van der Waals surface area contributed by atoms with Crippen LogP contribution in [-0.2, 0) is 16.1 Å². The molecule has 2 amide bonds. The first kappa shape index (κ1) is 16.9. The Balaban J connectivity index is 2.53. The average Bonchev–Trinajstić information content (AvgIpc) is 2.79. The monoisotopic (exact) mass is 364 g/mol. The predicted octanol–water partition coefficient (Wildman–Crippen LogP) is 2.14. The number of carbonyl (C=O) groups is 2. The van der Waals surface area contributed by atoms with Gasteiger partial charge in [0.1, 0.15) is 0 Å². The van der Waals surface area contributed by atoms with Crippen molar-refractivity contribution < 1.29 is 19.4 Å². The normalized spacial score (nSPS) is 10.3. The third-order valence-corrected chi connectivity index (χ3v) is 4.12. The van der Waals surface area contributed by atoms with E-state index in [1.165, 1.54) is 0 Å². The van der Waals surface area contributed by atoms with Gasteiger partial charge in [-0.25, -0.2) is 4.79 Å². The molecule has 6 nitrogen and oxygen atoms in total. The Hall–Kier alpha value is -1.12. The molecule has 20 heavy (non-hydrogen) atoms. The van der Waals surface area contributed by atoms with E-state index < -0.39 is 5.97 Å². The molecule has 0 fully saturated rings. The highest BCUT2D eigenvalue weighted by Crippen LogP contribution is 2.21. The number of nitrogens with zero attached hydrogens (tertiary/aromatic N) is 1. The molecule has 0 saturated carbocycles. The van der Waals surface area contributed by atoms with Gasteiger partial charge in [-0.1, -0.05) is 0 Å². The lowest BCUT2D eigenvalue weighted by Crippen LogP contribution is -2.41. The minimum absolute atomic E-state index is 0.0889. The van der Waals surface area contributed by atoms with Crippen molar-refractivity contribution in [3.8, 4) is 0 Å². The first-order valence-electron chi connectivity index (χ1n) is 5.99. The summed E-state index contributed by atoms with van der Waals surface area (Å²) < 4.78 is 5.97. The number of halogens is 1. The number of aliphatic carboxylic acids is 1. The molecule has 1 aromatic rings. The van der Waals surface area contributed by atoms with E-state index in [0.29, 0.717) is 19.7 Å². The summed E-state index contributed by atoms with van der Waals surface area (Å²) in [6.45, 7) is 1.47. The topological polar surface area (TPSA) is 78.9 Å². The second-order valence-electron chi connectivity index (χ2n) is 4.02. The number of thiophene rings is 1. The van der Waals surface area contributed by atoms with E-state index in [1.807, 2.05) is 11.4 Å².